The van der Waals surface area contributed by atoms with Crippen LogP contribution in [0.1, 0.15) is 28.7 Å². The molecular formula is C28H21BrClN3O3. The molecule has 5 rings (SSSR count). The van der Waals surface area contributed by atoms with E-state index in [9.17, 15) is 14.9 Å². The second-order valence-electron chi connectivity index (χ2n) is 8.74. The molecule has 0 radical (unpaired) electrons. The van der Waals surface area contributed by atoms with Crippen molar-refractivity contribution in [3.05, 3.63) is 105 Å². The standard InChI is InChI=1S/C28H21BrClN3O3/c1-36-27(35)28(16-31)23(18-6-8-19(29)9-7-18)24(26(34)32-21-12-10-20(30)11-13-21)33-15-14-17-4-2-3-5-22(17)25(28)33/h2-15,23-25H,1H3,(H,32,34)/t23-,24-,25-,28-/m1/s1. The van der Waals surface area contributed by atoms with Gasteiger partial charge in [0.2, 0.25) is 5.91 Å². The van der Waals surface area contributed by atoms with Crippen molar-refractivity contribution in [2.24, 2.45) is 5.41 Å². The topological polar surface area (TPSA) is 82.4 Å². The number of fused-ring (bicyclic) bond motifs is 3. The lowest BCUT2D eigenvalue weighted by Gasteiger charge is -2.35. The SMILES string of the molecule is COC(=O)[C@]1(C#N)[C@H](c2ccc(Br)cc2)[C@H](C(=O)Nc2ccc(Cl)cc2)N2C=Cc3ccccc3[C@@H]21. The monoisotopic (exact) mass is 561 g/mol. The maximum absolute atomic E-state index is 13.9. The highest BCUT2D eigenvalue weighted by Gasteiger charge is 2.67. The molecule has 1 amide bonds. The summed E-state index contributed by atoms with van der Waals surface area (Å²) in [6.07, 6.45) is 3.70. The van der Waals surface area contributed by atoms with Crippen molar-refractivity contribution >= 4 is 51.2 Å². The number of esters is 1. The first-order chi connectivity index (χ1) is 17.4. The number of anilines is 1. The van der Waals surface area contributed by atoms with Gasteiger partial charge in [0.15, 0.2) is 5.41 Å². The van der Waals surface area contributed by atoms with Crippen LogP contribution in [0.15, 0.2) is 83.5 Å². The van der Waals surface area contributed by atoms with Crippen molar-refractivity contribution in [3.63, 3.8) is 0 Å². The number of benzene rings is 3. The Hall–Kier alpha value is -3.60. The summed E-state index contributed by atoms with van der Waals surface area (Å²) >= 11 is 9.47. The largest absolute Gasteiger partial charge is 0.468 e. The molecule has 36 heavy (non-hydrogen) atoms. The predicted octanol–water partition coefficient (Wildman–Crippen LogP) is 5.92. The number of ether oxygens (including phenoxy) is 1. The summed E-state index contributed by atoms with van der Waals surface area (Å²) in [5.74, 6) is -1.85. The number of nitrogens with one attached hydrogen (secondary N) is 1. The normalized spacial score (nSPS) is 23.8. The van der Waals surface area contributed by atoms with E-state index >= 15 is 0 Å². The molecular weight excluding hydrogens is 542 g/mol. The average molecular weight is 563 g/mol. The molecule has 4 atom stereocenters. The lowest BCUT2D eigenvalue weighted by molar-refractivity contribution is -0.151. The molecule has 0 spiro atoms. The smallest absolute Gasteiger partial charge is 0.329 e. The summed E-state index contributed by atoms with van der Waals surface area (Å²) in [6, 6.07) is 22.4. The summed E-state index contributed by atoms with van der Waals surface area (Å²) in [5, 5.41) is 14.2. The molecule has 0 bridgehead atoms. The van der Waals surface area contributed by atoms with Crippen molar-refractivity contribution in [1.82, 2.24) is 4.90 Å². The van der Waals surface area contributed by atoms with Gasteiger partial charge >= 0.3 is 5.97 Å². The van der Waals surface area contributed by atoms with Gasteiger partial charge in [-0.2, -0.15) is 5.26 Å². The quantitative estimate of drug-likeness (QED) is 0.399. The van der Waals surface area contributed by atoms with Gasteiger partial charge in [-0.3, -0.25) is 9.59 Å². The van der Waals surface area contributed by atoms with Crippen LogP contribution in [0, 0.1) is 16.7 Å². The molecule has 1 fully saturated rings. The Bertz CT molecular complexity index is 1400. The van der Waals surface area contributed by atoms with Gasteiger partial charge in [-0.1, -0.05) is 63.9 Å². The first-order valence-electron chi connectivity index (χ1n) is 11.3. The highest BCUT2D eigenvalue weighted by molar-refractivity contribution is 9.10. The van der Waals surface area contributed by atoms with E-state index in [0.717, 1.165) is 15.6 Å². The number of hydrogen-bond donors (Lipinski definition) is 1. The van der Waals surface area contributed by atoms with Crippen molar-refractivity contribution in [2.45, 2.75) is 18.0 Å². The molecule has 6 nitrogen and oxygen atoms in total. The minimum Gasteiger partial charge on any atom is -0.468 e. The number of carbonyl (C=O) groups is 2. The van der Waals surface area contributed by atoms with Crippen molar-refractivity contribution < 1.29 is 14.3 Å². The first-order valence-corrected chi connectivity index (χ1v) is 12.4. The van der Waals surface area contributed by atoms with Gasteiger partial charge in [-0.15, -0.1) is 0 Å². The Morgan fingerprint density at radius 3 is 2.44 bits per heavy atom. The summed E-state index contributed by atoms with van der Waals surface area (Å²) in [5.41, 5.74) is 1.23. The summed E-state index contributed by atoms with van der Waals surface area (Å²) in [7, 11) is 1.27. The van der Waals surface area contributed by atoms with Crippen LogP contribution >= 0.6 is 27.5 Å². The fraction of sp³-hybridized carbons (Fsp3) is 0.179. The van der Waals surface area contributed by atoms with E-state index in [1.165, 1.54) is 7.11 Å². The molecule has 0 unspecified atom stereocenters. The molecule has 0 saturated carbocycles. The summed E-state index contributed by atoms with van der Waals surface area (Å²) in [6.45, 7) is 0. The summed E-state index contributed by atoms with van der Waals surface area (Å²) < 4.78 is 6.10. The fourth-order valence-corrected chi connectivity index (χ4v) is 5.78. The van der Waals surface area contributed by atoms with Gasteiger partial charge in [0.1, 0.15) is 6.04 Å². The van der Waals surface area contributed by atoms with Crippen molar-refractivity contribution in [3.8, 4) is 6.07 Å². The fourth-order valence-electron chi connectivity index (χ4n) is 5.38. The molecule has 2 heterocycles. The molecule has 1 N–H and O–H groups in total. The van der Waals surface area contributed by atoms with Crippen LogP contribution in [-0.4, -0.2) is 29.9 Å². The Morgan fingerprint density at radius 2 is 1.78 bits per heavy atom. The molecule has 1 saturated heterocycles. The third kappa shape index (κ3) is 3.78. The van der Waals surface area contributed by atoms with Gasteiger partial charge in [0.25, 0.3) is 0 Å². The lowest BCUT2D eigenvalue weighted by atomic mass is 9.67. The van der Waals surface area contributed by atoms with Crippen LogP contribution in [0.4, 0.5) is 5.69 Å². The molecule has 2 aliphatic heterocycles. The van der Waals surface area contributed by atoms with E-state index in [2.05, 4.69) is 27.3 Å². The van der Waals surface area contributed by atoms with Crippen LogP contribution in [0.3, 0.4) is 0 Å². The zero-order chi connectivity index (χ0) is 25.4. The lowest BCUT2D eigenvalue weighted by Crippen LogP contribution is -2.42. The molecule has 0 aromatic heterocycles. The molecule has 180 valence electrons. The summed E-state index contributed by atoms with van der Waals surface area (Å²) in [4.78, 5) is 29.4. The molecule has 2 aliphatic rings. The van der Waals surface area contributed by atoms with Crippen LogP contribution in [0.25, 0.3) is 6.08 Å². The van der Waals surface area contributed by atoms with Crippen LogP contribution in [0.5, 0.6) is 0 Å². The minimum atomic E-state index is -1.69. The molecule has 3 aromatic carbocycles. The second-order valence-corrected chi connectivity index (χ2v) is 10.1. The maximum atomic E-state index is 13.9. The number of nitrogens with zero attached hydrogens (tertiary/aromatic N) is 2. The predicted molar refractivity (Wildman–Crippen MR) is 141 cm³/mol. The van der Waals surface area contributed by atoms with Crippen LogP contribution in [-0.2, 0) is 14.3 Å². The molecule has 3 aromatic rings. The van der Waals surface area contributed by atoms with Crippen molar-refractivity contribution in [1.29, 1.82) is 5.26 Å². The molecule has 8 heteroatoms. The number of hydrogen-bond acceptors (Lipinski definition) is 5. The number of nitriles is 1. The zero-order valence-corrected chi connectivity index (χ0v) is 21.5. The molecule has 0 aliphatic carbocycles. The van der Waals surface area contributed by atoms with E-state index in [4.69, 9.17) is 16.3 Å². The van der Waals surface area contributed by atoms with E-state index in [-0.39, 0.29) is 5.91 Å². The van der Waals surface area contributed by atoms with Crippen LogP contribution < -0.4 is 5.32 Å². The van der Waals surface area contributed by atoms with Gasteiger partial charge < -0.3 is 15.0 Å². The zero-order valence-electron chi connectivity index (χ0n) is 19.2. The maximum Gasteiger partial charge on any atom is 0.329 e. The Morgan fingerprint density at radius 1 is 1.08 bits per heavy atom. The van der Waals surface area contributed by atoms with Gasteiger partial charge in [0, 0.05) is 27.3 Å². The van der Waals surface area contributed by atoms with Crippen LogP contribution in [0.2, 0.25) is 5.02 Å². The van der Waals surface area contributed by atoms with Gasteiger partial charge in [0.05, 0.1) is 19.2 Å². The van der Waals surface area contributed by atoms with E-state index in [1.807, 2.05) is 59.5 Å². The van der Waals surface area contributed by atoms with Gasteiger partial charge in [-0.25, -0.2) is 0 Å². The Labute approximate surface area is 222 Å². The number of methoxy groups -OCH3 is 1. The third-order valence-electron chi connectivity index (χ3n) is 6.89. The average Bonchev–Trinajstić information content (AvgIpc) is 3.22. The van der Waals surface area contributed by atoms with E-state index in [1.54, 1.807) is 30.5 Å². The highest BCUT2D eigenvalue weighted by atomic mass is 79.9. The first kappa shape index (κ1) is 24.1. The second kappa shape index (κ2) is 9.45. The number of halogens is 2. The number of rotatable bonds is 4. The minimum absolute atomic E-state index is 0.347. The van der Waals surface area contributed by atoms with Crippen molar-refractivity contribution in [2.75, 3.05) is 12.4 Å². The van der Waals surface area contributed by atoms with E-state index < -0.39 is 29.4 Å². The number of carbonyl (C=O) groups excluding carboxylic acids is 2. The highest BCUT2D eigenvalue weighted by Crippen LogP contribution is 2.60. The Kier molecular flexibility index (Phi) is 6.33. The van der Waals surface area contributed by atoms with E-state index in [0.29, 0.717) is 16.3 Å². The van der Waals surface area contributed by atoms with Gasteiger partial charge in [-0.05, 0) is 59.2 Å². The third-order valence-corrected chi connectivity index (χ3v) is 7.67. The number of amides is 1. The Balaban J connectivity index is 1.72.